The molecule has 3 aliphatic rings. The lowest BCUT2D eigenvalue weighted by molar-refractivity contribution is -0.135. The van der Waals surface area contributed by atoms with Crippen molar-refractivity contribution in [1.29, 1.82) is 0 Å². The summed E-state index contributed by atoms with van der Waals surface area (Å²) in [5.74, 6) is 2.28. The van der Waals surface area contributed by atoms with E-state index in [0.29, 0.717) is 5.91 Å². The summed E-state index contributed by atoms with van der Waals surface area (Å²) in [6.45, 7) is 6.07. The van der Waals surface area contributed by atoms with E-state index in [1.54, 1.807) is 11.3 Å². The van der Waals surface area contributed by atoms with Gasteiger partial charge in [-0.3, -0.25) is 4.79 Å². The second-order valence-electron chi connectivity index (χ2n) is 7.58. The zero-order chi connectivity index (χ0) is 15.8. The van der Waals surface area contributed by atoms with Crippen LogP contribution in [0.15, 0.2) is 5.38 Å². The Morgan fingerprint density at radius 1 is 1.13 bits per heavy atom. The van der Waals surface area contributed by atoms with Crippen LogP contribution in [0, 0.1) is 24.7 Å². The smallest absolute Gasteiger partial charge is 0.225 e. The summed E-state index contributed by atoms with van der Waals surface area (Å²) in [6.07, 6.45) is 7.41. The highest BCUT2D eigenvalue weighted by atomic mass is 32.1. The minimum absolute atomic E-state index is 0.243. The molecule has 126 valence electrons. The number of likely N-dealkylation sites (tertiary alicyclic amines) is 1. The van der Waals surface area contributed by atoms with Crippen molar-refractivity contribution in [2.45, 2.75) is 45.4 Å². The molecule has 3 fully saturated rings. The van der Waals surface area contributed by atoms with Crippen LogP contribution < -0.4 is 4.90 Å². The van der Waals surface area contributed by atoms with Crippen molar-refractivity contribution in [2.24, 2.45) is 17.8 Å². The quantitative estimate of drug-likeness (QED) is 0.833. The van der Waals surface area contributed by atoms with E-state index < -0.39 is 0 Å². The van der Waals surface area contributed by atoms with Crippen LogP contribution in [-0.4, -0.2) is 42.0 Å². The molecule has 0 radical (unpaired) electrons. The van der Waals surface area contributed by atoms with Gasteiger partial charge in [-0.2, -0.15) is 0 Å². The first-order chi connectivity index (χ1) is 11.2. The number of fused-ring (bicyclic) bond motifs is 1. The highest BCUT2D eigenvalue weighted by molar-refractivity contribution is 7.13. The number of aromatic nitrogens is 1. The second kappa shape index (κ2) is 6.42. The highest BCUT2D eigenvalue weighted by Crippen LogP contribution is 2.37. The first kappa shape index (κ1) is 15.4. The van der Waals surface area contributed by atoms with Gasteiger partial charge in [0.1, 0.15) is 0 Å². The summed E-state index contributed by atoms with van der Waals surface area (Å²) < 4.78 is 0. The number of carbonyl (C=O) groups is 1. The Morgan fingerprint density at radius 3 is 2.35 bits per heavy atom. The second-order valence-corrected chi connectivity index (χ2v) is 8.42. The minimum atomic E-state index is 0.243. The van der Waals surface area contributed by atoms with E-state index >= 15 is 0 Å². The molecule has 3 heterocycles. The summed E-state index contributed by atoms with van der Waals surface area (Å²) in [4.78, 5) is 22.0. The molecule has 4 rings (SSSR count). The van der Waals surface area contributed by atoms with Crippen LogP contribution in [-0.2, 0) is 4.79 Å². The van der Waals surface area contributed by atoms with E-state index in [9.17, 15) is 4.79 Å². The van der Waals surface area contributed by atoms with Crippen LogP contribution in [0.5, 0.6) is 0 Å². The lowest BCUT2D eigenvalue weighted by atomic mass is 9.82. The number of rotatable bonds is 2. The molecule has 0 bridgehead atoms. The van der Waals surface area contributed by atoms with Crippen LogP contribution in [0.4, 0.5) is 5.13 Å². The number of thiazole rings is 1. The van der Waals surface area contributed by atoms with Crippen LogP contribution in [0.25, 0.3) is 0 Å². The molecule has 23 heavy (non-hydrogen) atoms. The number of amides is 1. The predicted octanol–water partition coefficient (Wildman–Crippen LogP) is 3.32. The topological polar surface area (TPSA) is 36.4 Å². The number of aryl methyl sites for hydroxylation is 1. The number of carbonyl (C=O) groups excluding carboxylic acids is 1. The van der Waals surface area contributed by atoms with E-state index in [2.05, 4.69) is 20.2 Å². The highest BCUT2D eigenvalue weighted by Gasteiger charge is 2.39. The molecule has 0 aromatic carbocycles. The Morgan fingerprint density at radius 2 is 1.78 bits per heavy atom. The number of hydrogen-bond acceptors (Lipinski definition) is 4. The Bertz CT molecular complexity index is 550. The maximum absolute atomic E-state index is 12.9. The largest absolute Gasteiger partial charge is 0.348 e. The lowest BCUT2D eigenvalue weighted by Crippen LogP contribution is -2.42. The number of nitrogens with zero attached hydrogens (tertiary/aromatic N) is 3. The van der Waals surface area contributed by atoms with Gasteiger partial charge in [0, 0.05) is 37.5 Å². The van der Waals surface area contributed by atoms with Crippen molar-refractivity contribution in [3.63, 3.8) is 0 Å². The third kappa shape index (κ3) is 3.12. The van der Waals surface area contributed by atoms with Gasteiger partial charge in [-0.1, -0.05) is 12.8 Å². The van der Waals surface area contributed by atoms with Crippen molar-refractivity contribution >= 4 is 22.4 Å². The molecule has 1 aromatic rings. The molecule has 1 aliphatic carbocycles. The monoisotopic (exact) mass is 333 g/mol. The molecular weight excluding hydrogens is 306 g/mol. The van der Waals surface area contributed by atoms with Crippen molar-refractivity contribution in [2.75, 3.05) is 31.1 Å². The summed E-state index contributed by atoms with van der Waals surface area (Å²) in [5.41, 5.74) is 1.10. The van der Waals surface area contributed by atoms with Gasteiger partial charge in [0.25, 0.3) is 0 Å². The zero-order valence-corrected chi connectivity index (χ0v) is 14.9. The van der Waals surface area contributed by atoms with Crippen molar-refractivity contribution in [1.82, 2.24) is 9.88 Å². The van der Waals surface area contributed by atoms with E-state index in [-0.39, 0.29) is 5.92 Å². The number of anilines is 1. The van der Waals surface area contributed by atoms with E-state index in [4.69, 9.17) is 0 Å². The van der Waals surface area contributed by atoms with E-state index in [0.717, 1.165) is 61.7 Å². The fraction of sp³-hybridized carbons (Fsp3) is 0.778. The molecule has 2 aliphatic heterocycles. The third-order valence-corrected chi connectivity index (χ3v) is 7.03. The zero-order valence-electron chi connectivity index (χ0n) is 14.0. The van der Waals surface area contributed by atoms with Crippen LogP contribution in [0.1, 0.15) is 44.2 Å². The standard InChI is InChI=1S/C18H27N3OS/c1-13-12-23-18(19-13)20-8-6-14(7-9-20)17(22)21-10-15-4-2-3-5-16(15)11-21/h12,14-16H,2-11H2,1H3. The first-order valence-corrected chi connectivity index (χ1v) is 10.0. The van der Waals surface area contributed by atoms with Crippen molar-refractivity contribution < 1.29 is 4.79 Å². The molecular formula is C18H27N3OS. The summed E-state index contributed by atoms with van der Waals surface area (Å²) >= 11 is 1.72. The van der Waals surface area contributed by atoms with Crippen LogP contribution >= 0.6 is 11.3 Å². The van der Waals surface area contributed by atoms with E-state index in [1.807, 2.05) is 6.92 Å². The molecule has 0 N–H and O–H groups in total. The molecule has 0 spiro atoms. The normalized spacial score (nSPS) is 28.9. The summed E-state index contributed by atoms with van der Waals surface area (Å²) in [6, 6.07) is 0. The molecule has 2 atom stereocenters. The molecule has 1 amide bonds. The molecule has 5 heteroatoms. The van der Waals surface area contributed by atoms with Gasteiger partial charge in [-0.05, 0) is 44.4 Å². The maximum Gasteiger partial charge on any atom is 0.225 e. The first-order valence-electron chi connectivity index (χ1n) is 9.16. The Labute approximate surface area is 142 Å². The van der Waals surface area contributed by atoms with Gasteiger partial charge in [0.2, 0.25) is 5.91 Å². The Kier molecular flexibility index (Phi) is 4.31. The van der Waals surface area contributed by atoms with E-state index in [1.165, 1.54) is 25.7 Å². The van der Waals surface area contributed by atoms with Gasteiger partial charge in [0.05, 0.1) is 5.69 Å². The lowest BCUT2D eigenvalue weighted by Gasteiger charge is -2.33. The minimum Gasteiger partial charge on any atom is -0.348 e. The van der Waals surface area contributed by atoms with Gasteiger partial charge in [-0.25, -0.2) is 4.98 Å². The molecule has 2 saturated heterocycles. The number of piperidine rings is 1. The maximum atomic E-state index is 12.9. The molecule has 2 unspecified atom stereocenters. The van der Waals surface area contributed by atoms with Gasteiger partial charge < -0.3 is 9.80 Å². The summed E-state index contributed by atoms with van der Waals surface area (Å²) in [7, 11) is 0. The van der Waals surface area contributed by atoms with Gasteiger partial charge >= 0.3 is 0 Å². The van der Waals surface area contributed by atoms with Crippen LogP contribution in [0.2, 0.25) is 0 Å². The van der Waals surface area contributed by atoms with Gasteiger partial charge in [0.15, 0.2) is 5.13 Å². The van der Waals surface area contributed by atoms with Crippen molar-refractivity contribution in [3.8, 4) is 0 Å². The fourth-order valence-electron chi connectivity index (χ4n) is 4.65. The van der Waals surface area contributed by atoms with Gasteiger partial charge in [-0.15, -0.1) is 11.3 Å². The average molecular weight is 334 g/mol. The number of hydrogen-bond donors (Lipinski definition) is 0. The molecule has 4 nitrogen and oxygen atoms in total. The Hall–Kier alpha value is -1.10. The third-order valence-electron chi connectivity index (χ3n) is 6.01. The van der Waals surface area contributed by atoms with Crippen molar-refractivity contribution in [3.05, 3.63) is 11.1 Å². The predicted molar refractivity (Wildman–Crippen MR) is 93.8 cm³/mol. The average Bonchev–Trinajstić information content (AvgIpc) is 3.20. The molecule has 1 saturated carbocycles. The van der Waals surface area contributed by atoms with Crippen LogP contribution in [0.3, 0.4) is 0 Å². The molecule has 1 aromatic heterocycles. The SMILES string of the molecule is Cc1csc(N2CCC(C(=O)N3CC4CCCCC4C3)CC2)n1. The Balaban J connectivity index is 1.32. The summed E-state index contributed by atoms with van der Waals surface area (Å²) in [5, 5.41) is 3.24. The fourth-order valence-corrected chi connectivity index (χ4v) is 5.51.